The molecule has 0 unspecified atom stereocenters. The fourth-order valence-corrected chi connectivity index (χ4v) is 3.50. The molecule has 7 nitrogen and oxygen atoms in total. The van der Waals surface area contributed by atoms with Crippen LogP contribution < -0.4 is 4.72 Å². The van der Waals surface area contributed by atoms with Crippen LogP contribution in [-0.4, -0.2) is 28.2 Å². The van der Waals surface area contributed by atoms with Crippen LogP contribution >= 0.6 is 0 Å². The van der Waals surface area contributed by atoms with Gasteiger partial charge in [0.1, 0.15) is 12.1 Å². The minimum atomic E-state index is -3.56. The van der Waals surface area contributed by atoms with Gasteiger partial charge in [-0.3, -0.25) is 4.72 Å². The van der Waals surface area contributed by atoms with E-state index in [-0.39, 0.29) is 11.6 Å². The summed E-state index contributed by atoms with van der Waals surface area (Å²) in [5.74, 6) is 0.601. The van der Waals surface area contributed by atoms with E-state index in [0.29, 0.717) is 11.4 Å². The topological polar surface area (TPSA) is 89.8 Å². The Morgan fingerprint density at radius 1 is 1.08 bits per heavy atom. The second-order valence-corrected chi connectivity index (χ2v) is 7.17. The molecule has 0 amide bonds. The van der Waals surface area contributed by atoms with Crippen molar-refractivity contribution in [1.29, 1.82) is 0 Å². The van der Waals surface area contributed by atoms with E-state index in [1.54, 1.807) is 35.0 Å². The van der Waals surface area contributed by atoms with Crippen LogP contribution in [0, 0.1) is 13.8 Å². The van der Waals surface area contributed by atoms with Crippen molar-refractivity contribution in [3.05, 3.63) is 65.7 Å². The number of benzene rings is 1. The van der Waals surface area contributed by atoms with Gasteiger partial charge in [-0.15, -0.1) is 0 Å². The summed E-state index contributed by atoms with van der Waals surface area (Å²) < 4.78 is 28.7. The normalized spacial score (nSPS) is 11.4. The first-order valence-corrected chi connectivity index (χ1v) is 8.98. The van der Waals surface area contributed by atoms with Crippen LogP contribution in [0.15, 0.2) is 48.8 Å². The summed E-state index contributed by atoms with van der Waals surface area (Å²) in [5.41, 5.74) is 2.47. The molecule has 0 atom stereocenters. The molecule has 3 rings (SSSR count). The number of nitrogens with one attached hydrogen (secondary N) is 1. The van der Waals surface area contributed by atoms with Crippen molar-refractivity contribution in [2.45, 2.75) is 19.6 Å². The average Bonchev–Trinajstić information content (AvgIpc) is 2.86. The van der Waals surface area contributed by atoms with E-state index in [9.17, 15) is 8.42 Å². The molecule has 0 radical (unpaired) electrons. The monoisotopic (exact) mass is 343 g/mol. The van der Waals surface area contributed by atoms with E-state index in [2.05, 4.69) is 19.8 Å². The summed E-state index contributed by atoms with van der Waals surface area (Å²) in [5, 5.41) is 4.33. The minimum Gasteiger partial charge on any atom is -0.267 e. The Bertz CT molecular complexity index is 952. The molecule has 0 aliphatic carbocycles. The third kappa shape index (κ3) is 3.77. The highest BCUT2D eigenvalue weighted by Gasteiger charge is 2.14. The van der Waals surface area contributed by atoms with Gasteiger partial charge in [0.2, 0.25) is 10.0 Å². The van der Waals surface area contributed by atoms with Crippen molar-refractivity contribution in [2.75, 3.05) is 4.72 Å². The van der Waals surface area contributed by atoms with Crippen LogP contribution in [0.4, 0.5) is 5.82 Å². The van der Waals surface area contributed by atoms with Crippen molar-refractivity contribution in [3.63, 3.8) is 0 Å². The first-order chi connectivity index (χ1) is 11.4. The quantitative estimate of drug-likeness (QED) is 0.767. The van der Waals surface area contributed by atoms with E-state index in [4.69, 9.17) is 0 Å². The fourth-order valence-electron chi connectivity index (χ4n) is 2.37. The van der Waals surface area contributed by atoms with Crippen LogP contribution in [0.25, 0.3) is 5.82 Å². The zero-order valence-corrected chi connectivity index (χ0v) is 14.2. The molecule has 0 bridgehead atoms. The van der Waals surface area contributed by atoms with Crippen molar-refractivity contribution in [2.24, 2.45) is 0 Å². The van der Waals surface area contributed by atoms with Gasteiger partial charge < -0.3 is 0 Å². The Morgan fingerprint density at radius 2 is 1.83 bits per heavy atom. The van der Waals surface area contributed by atoms with E-state index in [1.165, 1.54) is 6.33 Å². The predicted molar refractivity (Wildman–Crippen MR) is 91.3 cm³/mol. The molecule has 1 aromatic carbocycles. The molecule has 0 saturated heterocycles. The number of nitrogens with zero attached hydrogens (tertiary/aromatic N) is 4. The van der Waals surface area contributed by atoms with Gasteiger partial charge in [0.25, 0.3) is 0 Å². The molecule has 8 heteroatoms. The van der Waals surface area contributed by atoms with Gasteiger partial charge >= 0.3 is 0 Å². The number of hydrogen-bond donors (Lipinski definition) is 1. The Hall–Kier alpha value is -2.74. The molecule has 3 aromatic rings. The van der Waals surface area contributed by atoms with E-state index in [1.807, 2.05) is 26.0 Å². The van der Waals surface area contributed by atoms with E-state index in [0.717, 1.165) is 11.4 Å². The number of hydrogen-bond acceptors (Lipinski definition) is 5. The number of aromatic nitrogens is 4. The zero-order valence-electron chi connectivity index (χ0n) is 13.3. The highest BCUT2D eigenvalue weighted by atomic mass is 32.2. The van der Waals surface area contributed by atoms with E-state index < -0.39 is 10.0 Å². The van der Waals surface area contributed by atoms with Crippen molar-refractivity contribution in [1.82, 2.24) is 19.7 Å². The maximum atomic E-state index is 12.3. The smallest absolute Gasteiger partial charge is 0.238 e. The summed E-state index contributed by atoms with van der Waals surface area (Å²) in [6.45, 7) is 3.79. The third-order valence-electron chi connectivity index (χ3n) is 3.34. The lowest BCUT2D eigenvalue weighted by atomic mass is 10.2. The van der Waals surface area contributed by atoms with Crippen LogP contribution in [0.2, 0.25) is 0 Å². The van der Waals surface area contributed by atoms with Gasteiger partial charge in [-0.1, -0.05) is 30.3 Å². The first-order valence-electron chi connectivity index (χ1n) is 7.33. The number of aryl methyl sites for hydroxylation is 2. The molecule has 2 heterocycles. The Balaban J connectivity index is 1.83. The molecule has 0 fully saturated rings. The van der Waals surface area contributed by atoms with Crippen molar-refractivity contribution >= 4 is 15.8 Å². The molecule has 24 heavy (non-hydrogen) atoms. The number of sulfonamides is 1. The van der Waals surface area contributed by atoms with Crippen LogP contribution in [0.3, 0.4) is 0 Å². The van der Waals surface area contributed by atoms with Gasteiger partial charge in [0.15, 0.2) is 5.82 Å². The highest BCUT2D eigenvalue weighted by Crippen LogP contribution is 2.14. The Morgan fingerprint density at radius 3 is 2.50 bits per heavy atom. The Labute approximate surface area is 140 Å². The minimum absolute atomic E-state index is 0.118. The first kappa shape index (κ1) is 16.1. The summed E-state index contributed by atoms with van der Waals surface area (Å²) in [7, 11) is -3.56. The van der Waals surface area contributed by atoms with Gasteiger partial charge in [-0.05, 0) is 25.5 Å². The molecule has 124 valence electrons. The third-order valence-corrected chi connectivity index (χ3v) is 4.57. The second-order valence-electron chi connectivity index (χ2n) is 5.45. The lowest BCUT2D eigenvalue weighted by Gasteiger charge is -2.09. The summed E-state index contributed by atoms with van der Waals surface area (Å²) in [6, 6.07) is 12.5. The maximum absolute atomic E-state index is 12.3. The SMILES string of the molecule is Cc1cc(C)n(-c2cc(NS(=O)(=O)Cc3ccccc3)ncn2)n1. The number of anilines is 1. The molecule has 0 spiro atoms. The standard InChI is InChI=1S/C16H17N5O2S/c1-12-8-13(2)21(19-12)16-9-15(17-11-18-16)20-24(22,23)10-14-6-4-3-5-7-14/h3-9,11H,10H2,1-2H3,(H,17,18,20). The van der Waals surface area contributed by atoms with Crippen molar-refractivity contribution < 1.29 is 8.42 Å². The van der Waals surface area contributed by atoms with Crippen molar-refractivity contribution in [3.8, 4) is 5.82 Å². The fraction of sp³-hybridized carbons (Fsp3) is 0.188. The van der Waals surface area contributed by atoms with Gasteiger partial charge in [0.05, 0.1) is 11.4 Å². The molecule has 0 saturated carbocycles. The Kier molecular flexibility index (Phi) is 4.30. The van der Waals surface area contributed by atoms with Gasteiger partial charge in [0, 0.05) is 11.8 Å². The van der Waals surface area contributed by atoms with Crippen LogP contribution in [0.5, 0.6) is 0 Å². The number of rotatable bonds is 5. The zero-order chi connectivity index (χ0) is 17.2. The summed E-state index contributed by atoms with van der Waals surface area (Å²) in [6.07, 6.45) is 1.31. The van der Waals surface area contributed by atoms with Crippen LogP contribution in [-0.2, 0) is 15.8 Å². The molecular formula is C16H17N5O2S. The molecule has 0 aliphatic heterocycles. The molecule has 2 aromatic heterocycles. The lowest BCUT2D eigenvalue weighted by Crippen LogP contribution is -2.16. The predicted octanol–water partition coefficient (Wildman–Crippen LogP) is 2.22. The van der Waals surface area contributed by atoms with Crippen LogP contribution in [0.1, 0.15) is 17.0 Å². The van der Waals surface area contributed by atoms with Gasteiger partial charge in [-0.2, -0.15) is 5.10 Å². The highest BCUT2D eigenvalue weighted by molar-refractivity contribution is 7.91. The lowest BCUT2D eigenvalue weighted by molar-refractivity contribution is 0.600. The second kappa shape index (κ2) is 6.40. The summed E-state index contributed by atoms with van der Waals surface area (Å²) in [4.78, 5) is 8.14. The molecular weight excluding hydrogens is 326 g/mol. The molecule has 1 N–H and O–H groups in total. The maximum Gasteiger partial charge on any atom is 0.238 e. The molecule has 0 aliphatic rings. The summed E-state index contributed by atoms with van der Waals surface area (Å²) >= 11 is 0. The van der Waals surface area contributed by atoms with Gasteiger partial charge in [-0.25, -0.2) is 23.1 Å². The largest absolute Gasteiger partial charge is 0.267 e. The van der Waals surface area contributed by atoms with E-state index >= 15 is 0 Å². The average molecular weight is 343 g/mol.